The lowest BCUT2D eigenvalue weighted by atomic mass is 9.82. The Morgan fingerprint density at radius 2 is 1.43 bits per heavy atom. The van der Waals surface area contributed by atoms with Crippen LogP contribution in [0.5, 0.6) is 11.5 Å². The van der Waals surface area contributed by atoms with Crippen LogP contribution < -0.4 is 9.47 Å². The number of unbranched alkanes of at least 4 members (excludes halogenated alkanes) is 1. The molecule has 0 spiro atoms. The lowest BCUT2D eigenvalue weighted by Crippen LogP contribution is -2.22. The van der Waals surface area contributed by atoms with E-state index in [1.807, 2.05) is 13.8 Å². The molecule has 1 fully saturated rings. The van der Waals surface area contributed by atoms with Gasteiger partial charge < -0.3 is 14.2 Å². The smallest absolute Gasteiger partial charge is 0.343 e. The van der Waals surface area contributed by atoms with Gasteiger partial charge in [0.1, 0.15) is 0 Å². The molecular weight excluding hydrogens is 524 g/mol. The standard InChI is InChI=1S/C32H34F4O4/c1-3-5-19-39-26-16-14-24(28(33)30(26)35)20-6-8-22(9-7-20)32(37)40-27-17-15-25(29(34)31(27)36)21-10-12-23(13-11-21)38-18-4-2/h6-9,14-17,21,23H,3-5,10-13,18-19H2,1-2H3. The van der Waals surface area contributed by atoms with E-state index in [9.17, 15) is 22.4 Å². The van der Waals surface area contributed by atoms with Crippen molar-refractivity contribution in [3.63, 3.8) is 0 Å². The van der Waals surface area contributed by atoms with E-state index >= 15 is 0 Å². The minimum absolute atomic E-state index is 0.00470. The van der Waals surface area contributed by atoms with Crippen LogP contribution in [-0.2, 0) is 4.74 Å². The number of benzene rings is 3. The van der Waals surface area contributed by atoms with Crippen molar-refractivity contribution in [2.45, 2.75) is 70.8 Å². The Morgan fingerprint density at radius 3 is 2.10 bits per heavy atom. The van der Waals surface area contributed by atoms with Crippen LogP contribution in [0.2, 0.25) is 0 Å². The van der Waals surface area contributed by atoms with E-state index in [1.165, 1.54) is 48.5 Å². The molecule has 3 aromatic rings. The first-order chi connectivity index (χ1) is 19.3. The zero-order valence-corrected chi connectivity index (χ0v) is 22.8. The molecule has 0 saturated heterocycles. The van der Waals surface area contributed by atoms with E-state index in [1.54, 1.807) is 0 Å². The fourth-order valence-electron chi connectivity index (χ4n) is 4.90. The van der Waals surface area contributed by atoms with E-state index in [-0.39, 0.29) is 41.1 Å². The van der Waals surface area contributed by atoms with Crippen molar-refractivity contribution in [1.29, 1.82) is 0 Å². The van der Waals surface area contributed by atoms with Crippen LogP contribution in [0, 0.1) is 23.3 Å². The summed E-state index contributed by atoms with van der Waals surface area (Å²) in [5, 5.41) is 0. The van der Waals surface area contributed by atoms with E-state index in [4.69, 9.17) is 14.2 Å². The molecule has 0 amide bonds. The van der Waals surface area contributed by atoms with Crippen LogP contribution >= 0.6 is 0 Å². The van der Waals surface area contributed by atoms with Crippen LogP contribution in [0.3, 0.4) is 0 Å². The molecule has 8 heteroatoms. The minimum atomic E-state index is -1.22. The first kappa shape index (κ1) is 29.6. The number of halogens is 4. The molecule has 1 aliphatic carbocycles. The summed E-state index contributed by atoms with van der Waals surface area (Å²) in [7, 11) is 0. The van der Waals surface area contributed by atoms with Gasteiger partial charge in [0.15, 0.2) is 23.1 Å². The van der Waals surface area contributed by atoms with Gasteiger partial charge in [0.2, 0.25) is 11.6 Å². The Labute approximate surface area is 232 Å². The second kappa shape index (κ2) is 13.8. The van der Waals surface area contributed by atoms with Crippen molar-refractivity contribution >= 4 is 5.97 Å². The zero-order valence-electron chi connectivity index (χ0n) is 22.8. The van der Waals surface area contributed by atoms with Crippen molar-refractivity contribution in [2.24, 2.45) is 0 Å². The normalized spacial score (nSPS) is 17.1. The number of rotatable bonds is 11. The van der Waals surface area contributed by atoms with Crippen molar-refractivity contribution in [2.75, 3.05) is 13.2 Å². The Hall–Kier alpha value is -3.39. The van der Waals surface area contributed by atoms with Gasteiger partial charge in [-0.25, -0.2) is 13.6 Å². The Balaban J connectivity index is 1.41. The first-order valence-corrected chi connectivity index (χ1v) is 13.9. The maximum Gasteiger partial charge on any atom is 0.343 e. The maximum atomic E-state index is 15.0. The van der Waals surface area contributed by atoms with Gasteiger partial charge in [-0.3, -0.25) is 0 Å². The largest absolute Gasteiger partial charge is 0.490 e. The molecule has 0 heterocycles. The summed E-state index contributed by atoms with van der Waals surface area (Å²) in [6, 6.07) is 11.0. The molecule has 0 radical (unpaired) electrons. The van der Waals surface area contributed by atoms with Crippen LogP contribution in [0.4, 0.5) is 17.6 Å². The van der Waals surface area contributed by atoms with Crippen molar-refractivity contribution < 1.29 is 36.6 Å². The predicted octanol–water partition coefficient (Wildman–Crippen LogP) is 8.76. The molecule has 1 aliphatic rings. The highest BCUT2D eigenvalue weighted by atomic mass is 19.2. The van der Waals surface area contributed by atoms with E-state index < -0.39 is 35.0 Å². The SMILES string of the molecule is CCCCOc1ccc(-c2ccc(C(=O)Oc3ccc(C4CCC(OCCC)CC4)c(F)c3F)cc2)c(F)c1F. The first-order valence-electron chi connectivity index (χ1n) is 13.9. The molecule has 0 unspecified atom stereocenters. The lowest BCUT2D eigenvalue weighted by molar-refractivity contribution is 0.0248. The number of carbonyl (C=O) groups excluding carboxylic acids is 1. The molecule has 0 atom stereocenters. The number of carbonyl (C=O) groups is 1. The summed E-state index contributed by atoms with van der Waals surface area (Å²) in [5.74, 6) is -6.09. The molecule has 4 rings (SSSR count). The third kappa shape index (κ3) is 6.84. The molecule has 4 nitrogen and oxygen atoms in total. The molecule has 3 aromatic carbocycles. The highest BCUT2D eigenvalue weighted by Gasteiger charge is 2.27. The fraction of sp³-hybridized carbons (Fsp3) is 0.406. The lowest BCUT2D eigenvalue weighted by Gasteiger charge is -2.29. The Kier molecular flexibility index (Phi) is 10.2. The zero-order chi connectivity index (χ0) is 28.6. The molecule has 40 heavy (non-hydrogen) atoms. The summed E-state index contributed by atoms with van der Waals surface area (Å²) in [5.41, 5.74) is 0.629. The van der Waals surface area contributed by atoms with Gasteiger partial charge in [0, 0.05) is 12.2 Å². The molecule has 0 aromatic heterocycles. The van der Waals surface area contributed by atoms with E-state index in [2.05, 4.69) is 0 Å². The number of hydrogen-bond acceptors (Lipinski definition) is 4. The molecular formula is C32H34F4O4. The van der Waals surface area contributed by atoms with Gasteiger partial charge in [-0.2, -0.15) is 8.78 Å². The Bertz CT molecular complexity index is 1300. The fourth-order valence-corrected chi connectivity index (χ4v) is 4.90. The predicted molar refractivity (Wildman–Crippen MR) is 145 cm³/mol. The third-order valence-electron chi connectivity index (χ3n) is 7.19. The second-order valence-electron chi connectivity index (χ2n) is 10.0. The number of hydrogen-bond donors (Lipinski definition) is 0. The third-order valence-corrected chi connectivity index (χ3v) is 7.19. The van der Waals surface area contributed by atoms with Crippen molar-refractivity contribution in [1.82, 2.24) is 0 Å². The van der Waals surface area contributed by atoms with Crippen LogP contribution in [0.1, 0.15) is 80.6 Å². The Morgan fingerprint density at radius 1 is 0.750 bits per heavy atom. The maximum absolute atomic E-state index is 15.0. The average Bonchev–Trinajstić information content (AvgIpc) is 2.97. The highest BCUT2D eigenvalue weighted by Crippen LogP contribution is 2.38. The number of ether oxygens (including phenoxy) is 3. The van der Waals surface area contributed by atoms with Crippen LogP contribution in [0.15, 0.2) is 48.5 Å². The summed E-state index contributed by atoms with van der Waals surface area (Å²) in [6.45, 7) is 4.98. The number of esters is 1. The van der Waals surface area contributed by atoms with Crippen molar-refractivity contribution in [3.05, 3.63) is 82.9 Å². The van der Waals surface area contributed by atoms with Crippen molar-refractivity contribution in [3.8, 4) is 22.6 Å². The monoisotopic (exact) mass is 558 g/mol. The van der Waals surface area contributed by atoms with Crippen LogP contribution in [0.25, 0.3) is 11.1 Å². The van der Waals surface area contributed by atoms with Gasteiger partial charge in [-0.15, -0.1) is 0 Å². The van der Waals surface area contributed by atoms with Gasteiger partial charge in [0.05, 0.1) is 18.3 Å². The summed E-state index contributed by atoms with van der Waals surface area (Å²) < 4.78 is 75.2. The molecule has 0 bridgehead atoms. The quantitative estimate of drug-likeness (QED) is 0.102. The topological polar surface area (TPSA) is 44.8 Å². The molecule has 0 N–H and O–H groups in total. The van der Waals surface area contributed by atoms with Gasteiger partial charge >= 0.3 is 5.97 Å². The summed E-state index contributed by atoms with van der Waals surface area (Å²) >= 11 is 0. The second-order valence-corrected chi connectivity index (χ2v) is 10.0. The van der Waals surface area contributed by atoms with Gasteiger partial charge in [-0.1, -0.05) is 38.5 Å². The van der Waals surface area contributed by atoms with E-state index in [0.29, 0.717) is 25.0 Å². The molecule has 214 valence electrons. The van der Waals surface area contributed by atoms with Gasteiger partial charge in [-0.05, 0) is 85.9 Å². The molecule has 0 aliphatic heterocycles. The average molecular weight is 559 g/mol. The highest BCUT2D eigenvalue weighted by molar-refractivity contribution is 5.91. The van der Waals surface area contributed by atoms with E-state index in [0.717, 1.165) is 32.1 Å². The van der Waals surface area contributed by atoms with Gasteiger partial charge in [0.25, 0.3) is 0 Å². The minimum Gasteiger partial charge on any atom is -0.490 e. The summed E-state index contributed by atoms with van der Waals surface area (Å²) in [6.07, 6.45) is 5.61. The van der Waals surface area contributed by atoms with Crippen LogP contribution in [-0.4, -0.2) is 25.3 Å². The molecule has 1 saturated carbocycles. The summed E-state index contributed by atoms with van der Waals surface area (Å²) in [4.78, 5) is 12.6.